The molecule has 0 saturated heterocycles. The molecule has 0 aliphatic heterocycles. The van der Waals surface area contributed by atoms with E-state index < -0.39 is 0 Å². The quantitative estimate of drug-likeness (QED) is 0.595. The van der Waals surface area contributed by atoms with Gasteiger partial charge in [-0.2, -0.15) is 0 Å². The van der Waals surface area contributed by atoms with E-state index in [1.54, 1.807) is 13.3 Å². The van der Waals surface area contributed by atoms with E-state index in [4.69, 9.17) is 4.74 Å². The van der Waals surface area contributed by atoms with Crippen LogP contribution >= 0.6 is 0 Å². The van der Waals surface area contributed by atoms with Gasteiger partial charge in [0, 0.05) is 25.7 Å². The van der Waals surface area contributed by atoms with Gasteiger partial charge in [-0.15, -0.1) is 0 Å². The summed E-state index contributed by atoms with van der Waals surface area (Å²) in [6, 6.07) is 0. The van der Waals surface area contributed by atoms with E-state index in [2.05, 4.69) is 23.8 Å². The highest BCUT2D eigenvalue weighted by atomic mass is 16.5. The number of nitrogens with zero attached hydrogens (tertiary/aromatic N) is 2. The van der Waals surface area contributed by atoms with Crippen molar-refractivity contribution in [1.29, 1.82) is 0 Å². The molecule has 0 amide bonds. The number of carbonyl (C=O) groups is 2. The first-order chi connectivity index (χ1) is 14.4. The van der Waals surface area contributed by atoms with E-state index in [9.17, 15) is 9.59 Å². The number of ether oxygens (including phenoxy) is 1. The zero-order valence-corrected chi connectivity index (χ0v) is 18.6. The number of ketones is 2. The van der Waals surface area contributed by atoms with Crippen molar-refractivity contribution in [3.8, 4) is 5.88 Å². The van der Waals surface area contributed by atoms with Gasteiger partial charge in [0.05, 0.1) is 11.3 Å². The van der Waals surface area contributed by atoms with Crippen molar-refractivity contribution in [2.24, 2.45) is 17.8 Å². The largest absolute Gasteiger partial charge is 0.474 e. The summed E-state index contributed by atoms with van der Waals surface area (Å²) in [5, 5.41) is 0. The average Bonchev–Trinajstić information content (AvgIpc) is 3.27. The normalized spacial score (nSPS) is 25.4. The Morgan fingerprint density at radius 2 is 1.87 bits per heavy atom. The third kappa shape index (κ3) is 4.50. The van der Waals surface area contributed by atoms with Crippen LogP contribution in [0.25, 0.3) is 5.57 Å². The van der Waals surface area contributed by atoms with Crippen LogP contribution in [0.4, 0.5) is 0 Å². The predicted octanol–water partition coefficient (Wildman–Crippen LogP) is 5.12. The maximum atomic E-state index is 12.5. The first-order valence-corrected chi connectivity index (χ1v) is 11.7. The van der Waals surface area contributed by atoms with Crippen LogP contribution in [0, 0.1) is 17.8 Å². The molecule has 30 heavy (non-hydrogen) atoms. The molecule has 0 spiro atoms. The molecule has 5 heteroatoms. The number of rotatable bonds is 8. The van der Waals surface area contributed by atoms with E-state index in [-0.39, 0.29) is 23.6 Å². The van der Waals surface area contributed by atoms with Gasteiger partial charge in [-0.25, -0.2) is 9.97 Å². The monoisotopic (exact) mass is 410 g/mol. The summed E-state index contributed by atoms with van der Waals surface area (Å²) in [5.41, 5.74) is 4.80. The molecule has 0 bridgehead atoms. The number of allylic oxidation sites excluding steroid dienone is 2. The predicted molar refractivity (Wildman–Crippen MR) is 116 cm³/mol. The fourth-order valence-corrected chi connectivity index (χ4v) is 5.51. The highest BCUT2D eigenvalue weighted by Crippen LogP contribution is 2.50. The first-order valence-electron chi connectivity index (χ1n) is 11.7. The minimum atomic E-state index is 0.0807. The zero-order valence-electron chi connectivity index (χ0n) is 18.6. The molecule has 3 aliphatic rings. The third-order valence-electron chi connectivity index (χ3n) is 7.29. The summed E-state index contributed by atoms with van der Waals surface area (Å²) in [6.45, 7) is 6.18. The van der Waals surface area contributed by atoms with Crippen molar-refractivity contribution in [1.82, 2.24) is 9.97 Å². The lowest BCUT2D eigenvalue weighted by Crippen LogP contribution is -2.27. The van der Waals surface area contributed by atoms with Crippen LogP contribution in [0.2, 0.25) is 0 Å². The fraction of sp³-hybridized carbons (Fsp3) is 0.680. The second-order valence-corrected chi connectivity index (χ2v) is 9.77. The summed E-state index contributed by atoms with van der Waals surface area (Å²) in [6.07, 6.45) is 10.6. The number of aromatic nitrogens is 2. The number of Topliss-reactive ketones (excluding diaryl/α,β-unsaturated/α-hetero) is 2. The maximum absolute atomic E-state index is 12.5. The molecule has 1 fully saturated rings. The molecule has 0 radical (unpaired) electrons. The average molecular weight is 411 g/mol. The SMILES string of the molecule is CC(=O)CCC(=O)C[C@H]1CCC2=C1c1c(ncnc1OC1CCC(C(C)C)CC1)C2. The zero-order chi connectivity index (χ0) is 21.3. The van der Waals surface area contributed by atoms with E-state index in [0.717, 1.165) is 61.1 Å². The van der Waals surface area contributed by atoms with E-state index in [1.807, 2.05) is 0 Å². The summed E-state index contributed by atoms with van der Waals surface area (Å²) in [4.78, 5) is 32.8. The number of hydrogen-bond donors (Lipinski definition) is 0. The highest BCUT2D eigenvalue weighted by Gasteiger charge is 2.37. The highest BCUT2D eigenvalue weighted by molar-refractivity contribution is 5.88. The molecular formula is C25H34N2O3. The van der Waals surface area contributed by atoms with Crippen molar-refractivity contribution in [3.05, 3.63) is 23.2 Å². The Bertz CT molecular complexity index is 850. The van der Waals surface area contributed by atoms with E-state index in [0.29, 0.717) is 19.3 Å². The van der Waals surface area contributed by atoms with Gasteiger partial charge in [0.2, 0.25) is 5.88 Å². The molecule has 0 N–H and O–H groups in total. The number of carbonyl (C=O) groups excluding carboxylic acids is 2. The lowest BCUT2D eigenvalue weighted by atomic mass is 9.80. The van der Waals surface area contributed by atoms with Crippen LogP contribution in [-0.2, 0) is 16.0 Å². The van der Waals surface area contributed by atoms with Gasteiger partial charge in [0.15, 0.2) is 0 Å². The summed E-state index contributed by atoms with van der Waals surface area (Å²) in [5.74, 6) is 2.74. The van der Waals surface area contributed by atoms with Gasteiger partial charge in [-0.05, 0) is 68.8 Å². The second-order valence-electron chi connectivity index (χ2n) is 9.77. The van der Waals surface area contributed by atoms with Crippen LogP contribution in [0.3, 0.4) is 0 Å². The molecule has 1 saturated carbocycles. The Hall–Kier alpha value is -2.04. The Kier molecular flexibility index (Phi) is 6.35. The number of fused-ring (bicyclic) bond motifs is 2. The molecule has 3 aliphatic carbocycles. The van der Waals surface area contributed by atoms with E-state index >= 15 is 0 Å². The fourth-order valence-electron chi connectivity index (χ4n) is 5.51. The van der Waals surface area contributed by atoms with Gasteiger partial charge in [-0.3, -0.25) is 4.79 Å². The molecule has 1 aromatic heterocycles. The molecule has 162 valence electrons. The smallest absolute Gasteiger partial charge is 0.224 e. The molecule has 1 heterocycles. The summed E-state index contributed by atoms with van der Waals surface area (Å²) >= 11 is 0. The Labute approximate surface area is 179 Å². The molecule has 0 unspecified atom stereocenters. The molecule has 1 atom stereocenters. The van der Waals surface area contributed by atoms with Crippen LogP contribution in [-0.4, -0.2) is 27.6 Å². The molecule has 4 rings (SSSR count). The van der Waals surface area contributed by atoms with Gasteiger partial charge in [0.25, 0.3) is 0 Å². The van der Waals surface area contributed by atoms with Gasteiger partial charge >= 0.3 is 0 Å². The lowest BCUT2D eigenvalue weighted by molar-refractivity contribution is -0.123. The van der Waals surface area contributed by atoms with E-state index in [1.165, 1.54) is 24.0 Å². The van der Waals surface area contributed by atoms with Crippen LogP contribution in [0.5, 0.6) is 5.88 Å². The lowest BCUT2D eigenvalue weighted by Gasteiger charge is -2.31. The standard InChI is InChI=1S/C25H34N2O3/c1-15(2)17-7-10-21(11-8-17)30-25-24-22(26-14-27-25)13-19-6-5-18(23(19)24)12-20(29)9-4-16(3)28/h14-15,17-18,21H,4-13H2,1-3H3/t17?,18-,21?/m1/s1. The van der Waals surface area contributed by atoms with Crippen molar-refractivity contribution in [2.45, 2.75) is 91.1 Å². The van der Waals surface area contributed by atoms with Crippen LogP contribution in [0.15, 0.2) is 11.9 Å². The Morgan fingerprint density at radius 1 is 1.10 bits per heavy atom. The molecule has 5 nitrogen and oxygen atoms in total. The van der Waals surface area contributed by atoms with Gasteiger partial charge in [-0.1, -0.05) is 19.4 Å². The second kappa shape index (κ2) is 8.99. The summed E-state index contributed by atoms with van der Waals surface area (Å²) < 4.78 is 6.45. The van der Waals surface area contributed by atoms with Crippen molar-refractivity contribution >= 4 is 17.1 Å². The number of hydrogen-bond acceptors (Lipinski definition) is 5. The van der Waals surface area contributed by atoms with Crippen LogP contribution in [0.1, 0.15) is 89.8 Å². The van der Waals surface area contributed by atoms with Crippen molar-refractivity contribution in [2.75, 3.05) is 0 Å². The van der Waals surface area contributed by atoms with Crippen LogP contribution < -0.4 is 4.74 Å². The molecule has 0 aromatic carbocycles. The Morgan fingerprint density at radius 3 is 2.57 bits per heavy atom. The summed E-state index contributed by atoms with van der Waals surface area (Å²) in [7, 11) is 0. The minimum Gasteiger partial charge on any atom is -0.474 e. The topological polar surface area (TPSA) is 69.2 Å². The third-order valence-corrected chi connectivity index (χ3v) is 7.29. The van der Waals surface area contributed by atoms with Gasteiger partial charge < -0.3 is 9.53 Å². The molecular weight excluding hydrogens is 376 g/mol. The van der Waals surface area contributed by atoms with Gasteiger partial charge in [0.1, 0.15) is 24.0 Å². The maximum Gasteiger partial charge on any atom is 0.224 e. The molecule has 1 aromatic rings. The van der Waals surface area contributed by atoms with Crippen molar-refractivity contribution in [3.63, 3.8) is 0 Å². The minimum absolute atomic E-state index is 0.0807. The first kappa shape index (κ1) is 21.2. The van der Waals surface area contributed by atoms with Crippen molar-refractivity contribution < 1.29 is 14.3 Å². The Balaban J connectivity index is 1.47.